The van der Waals surface area contributed by atoms with Crippen LogP contribution in [0.5, 0.6) is 0 Å². The highest BCUT2D eigenvalue weighted by Gasteiger charge is 2.65. The fourth-order valence-corrected chi connectivity index (χ4v) is 2.69. The van der Waals surface area contributed by atoms with Crippen molar-refractivity contribution in [2.45, 2.75) is 43.4 Å². The maximum absolute atomic E-state index is 12.3. The Hall–Kier alpha value is -1.27. The summed E-state index contributed by atoms with van der Waals surface area (Å²) in [7, 11) is 0. The van der Waals surface area contributed by atoms with Crippen LogP contribution in [0, 0.1) is 0 Å². The number of piperidine rings is 1. The number of carbonyl (C=O) groups excluding carboxylic acids is 1. The van der Waals surface area contributed by atoms with Gasteiger partial charge in [0.25, 0.3) is 0 Å². The van der Waals surface area contributed by atoms with Gasteiger partial charge in [-0.25, -0.2) is 4.79 Å². The van der Waals surface area contributed by atoms with Gasteiger partial charge in [-0.2, -0.15) is 13.2 Å². The fraction of sp³-hybridized carbons (Fsp3) is 0.778. The largest absolute Gasteiger partial charge is 0.479 e. The average Bonchev–Trinajstić information content (AvgIpc) is 2.16. The fourth-order valence-electron chi connectivity index (χ4n) is 2.69. The van der Waals surface area contributed by atoms with E-state index in [1.807, 2.05) is 0 Å². The Balaban J connectivity index is 2.28. The molecular weight excluding hydrogens is 227 g/mol. The molecule has 7 heteroatoms. The molecule has 2 unspecified atom stereocenters. The van der Waals surface area contributed by atoms with Crippen molar-refractivity contribution >= 4 is 11.9 Å². The molecule has 16 heavy (non-hydrogen) atoms. The molecule has 2 heterocycles. The summed E-state index contributed by atoms with van der Waals surface area (Å²) < 4.78 is 36.8. The second-order valence-corrected chi connectivity index (χ2v) is 4.26. The van der Waals surface area contributed by atoms with Crippen LogP contribution in [0.4, 0.5) is 13.2 Å². The molecule has 0 aromatic carbocycles. The Labute approximate surface area is 89.0 Å². The molecule has 1 saturated carbocycles. The summed E-state index contributed by atoms with van der Waals surface area (Å²) in [5.41, 5.74) is -1.60. The summed E-state index contributed by atoms with van der Waals surface area (Å²) in [6.45, 7) is 0. The van der Waals surface area contributed by atoms with E-state index in [2.05, 4.69) is 0 Å². The summed E-state index contributed by atoms with van der Waals surface area (Å²) in [6.07, 6.45) is -3.73. The lowest BCUT2D eigenvalue weighted by Crippen LogP contribution is -2.75. The zero-order chi connectivity index (χ0) is 12.1. The van der Waals surface area contributed by atoms with Crippen LogP contribution in [-0.2, 0) is 9.59 Å². The number of alkyl halides is 3. The predicted molar refractivity (Wildman–Crippen MR) is 45.5 cm³/mol. The number of halogens is 3. The highest BCUT2D eigenvalue weighted by atomic mass is 19.4. The lowest BCUT2D eigenvalue weighted by molar-refractivity contribution is -0.219. The number of hydrogen-bond donors (Lipinski definition) is 1. The molecular formula is C9H10F3NO3. The van der Waals surface area contributed by atoms with Gasteiger partial charge in [0.1, 0.15) is 5.54 Å². The van der Waals surface area contributed by atoms with E-state index in [1.54, 1.807) is 0 Å². The second-order valence-electron chi connectivity index (χ2n) is 4.26. The van der Waals surface area contributed by atoms with Gasteiger partial charge in [-0.05, 0) is 19.3 Å². The van der Waals surface area contributed by atoms with Crippen molar-refractivity contribution in [3.8, 4) is 0 Å². The van der Waals surface area contributed by atoms with Gasteiger partial charge in [-0.1, -0.05) is 0 Å². The van der Waals surface area contributed by atoms with Crippen LogP contribution in [0.3, 0.4) is 0 Å². The molecule has 2 saturated heterocycles. The summed E-state index contributed by atoms with van der Waals surface area (Å²) >= 11 is 0. The number of carboxylic acid groups (broad SMARTS) is 1. The molecule has 2 atom stereocenters. The number of amides is 1. The first-order chi connectivity index (χ1) is 7.29. The van der Waals surface area contributed by atoms with Crippen LogP contribution >= 0.6 is 0 Å². The minimum Gasteiger partial charge on any atom is -0.479 e. The maximum atomic E-state index is 12.3. The van der Waals surface area contributed by atoms with Gasteiger partial charge in [-0.3, -0.25) is 4.79 Å². The monoisotopic (exact) mass is 237 g/mol. The molecule has 2 bridgehead atoms. The normalized spacial score (nSPS) is 33.2. The van der Waals surface area contributed by atoms with Crippen molar-refractivity contribution < 1.29 is 27.9 Å². The minimum atomic E-state index is -4.99. The van der Waals surface area contributed by atoms with Crippen molar-refractivity contribution in [3.63, 3.8) is 0 Å². The molecule has 3 fully saturated rings. The van der Waals surface area contributed by atoms with Crippen molar-refractivity contribution in [2.75, 3.05) is 0 Å². The third-order valence-electron chi connectivity index (χ3n) is 3.39. The number of hydrogen-bond acceptors (Lipinski definition) is 2. The minimum absolute atomic E-state index is 0.112. The molecule has 3 aliphatic rings. The van der Waals surface area contributed by atoms with Crippen molar-refractivity contribution in [1.29, 1.82) is 0 Å². The van der Waals surface area contributed by atoms with E-state index in [0.29, 0.717) is 17.7 Å². The first-order valence-electron chi connectivity index (χ1n) is 4.93. The van der Waals surface area contributed by atoms with E-state index < -0.39 is 29.6 Å². The van der Waals surface area contributed by atoms with Gasteiger partial charge < -0.3 is 10.0 Å². The smallest absolute Gasteiger partial charge is 0.471 e. The van der Waals surface area contributed by atoms with Crippen molar-refractivity contribution in [2.24, 2.45) is 0 Å². The van der Waals surface area contributed by atoms with Crippen LogP contribution in [0.25, 0.3) is 0 Å². The third-order valence-corrected chi connectivity index (χ3v) is 3.39. The number of aliphatic carboxylic acids is 1. The molecule has 2 aliphatic heterocycles. The van der Waals surface area contributed by atoms with Gasteiger partial charge >= 0.3 is 18.1 Å². The van der Waals surface area contributed by atoms with E-state index >= 15 is 0 Å². The molecule has 3 rings (SSSR count). The van der Waals surface area contributed by atoms with E-state index in [9.17, 15) is 22.8 Å². The van der Waals surface area contributed by atoms with E-state index in [-0.39, 0.29) is 12.8 Å². The highest BCUT2D eigenvalue weighted by Crippen LogP contribution is 2.49. The zero-order valence-corrected chi connectivity index (χ0v) is 8.25. The van der Waals surface area contributed by atoms with E-state index in [1.165, 1.54) is 0 Å². The van der Waals surface area contributed by atoms with Crippen LogP contribution in [-0.4, -0.2) is 39.6 Å². The van der Waals surface area contributed by atoms with E-state index in [4.69, 9.17) is 5.11 Å². The van der Waals surface area contributed by atoms with Gasteiger partial charge in [0.2, 0.25) is 0 Å². The van der Waals surface area contributed by atoms with Crippen LogP contribution < -0.4 is 0 Å². The average molecular weight is 237 g/mol. The molecule has 90 valence electrons. The summed E-state index contributed by atoms with van der Waals surface area (Å²) in [6, 6.07) is -0.557. The van der Waals surface area contributed by atoms with Crippen LogP contribution in [0.1, 0.15) is 25.7 Å². The second kappa shape index (κ2) is 3.11. The predicted octanol–water partition coefficient (Wildman–Crippen LogP) is 1.16. The lowest BCUT2D eigenvalue weighted by atomic mass is 9.68. The van der Waals surface area contributed by atoms with Gasteiger partial charge in [0, 0.05) is 12.5 Å². The Bertz CT molecular complexity index is 350. The van der Waals surface area contributed by atoms with Crippen LogP contribution in [0.15, 0.2) is 0 Å². The van der Waals surface area contributed by atoms with E-state index in [0.717, 1.165) is 0 Å². The van der Waals surface area contributed by atoms with Crippen molar-refractivity contribution in [1.82, 2.24) is 4.90 Å². The Kier molecular flexibility index (Phi) is 2.18. The highest BCUT2D eigenvalue weighted by molar-refractivity contribution is 5.92. The first-order valence-corrected chi connectivity index (χ1v) is 4.93. The first kappa shape index (κ1) is 11.2. The standard InChI is InChI=1S/C9H10F3NO3/c10-9(11,12)6(14)13-5-2-1-3-8(13,4-5)7(15)16/h5H,1-4H2,(H,15,16). The molecule has 1 N–H and O–H groups in total. The zero-order valence-electron chi connectivity index (χ0n) is 8.25. The Morgan fingerprint density at radius 2 is 2.00 bits per heavy atom. The summed E-state index contributed by atoms with van der Waals surface area (Å²) in [4.78, 5) is 22.6. The number of carbonyl (C=O) groups is 2. The lowest BCUT2D eigenvalue weighted by Gasteiger charge is -2.59. The van der Waals surface area contributed by atoms with Crippen molar-refractivity contribution in [3.05, 3.63) is 0 Å². The Morgan fingerprint density at radius 1 is 1.38 bits per heavy atom. The number of nitrogens with zero attached hydrogens (tertiary/aromatic N) is 1. The maximum Gasteiger partial charge on any atom is 0.471 e. The number of fused-ring (bicyclic) bond motifs is 2. The molecule has 0 aromatic rings. The number of rotatable bonds is 1. The molecule has 4 nitrogen and oxygen atoms in total. The molecule has 0 radical (unpaired) electrons. The SMILES string of the molecule is O=C(N1C2CCCC1(C(=O)O)C2)C(F)(F)F. The van der Waals surface area contributed by atoms with Gasteiger partial charge in [0.05, 0.1) is 0 Å². The van der Waals surface area contributed by atoms with Crippen LogP contribution in [0.2, 0.25) is 0 Å². The molecule has 1 aliphatic carbocycles. The van der Waals surface area contributed by atoms with Gasteiger partial charge in [-0.15, -0.1) is 0 Å². The molecule has 1 amide bonds. The number of carboxylic acids is 1. The molecule has 0 aromatic heterocycles. The Morgan fingerprint density at radius 3 is 2.44 bits per heavy atom. The quantitative estimate of drug-likeness (QED) is 0.744. The summed E-state index contributed by atoms with van der Waals surface area (Å²) in [5.74, 6) is -3.35. The topological polar surface area (TPSA) is 57.6 Å². The third kappa shape index (κ3) is 1.30. The van der Waals surface area contributed by atoms with Gasteiger partial charge in [0.15, 0.2) is 0 Å². The molecule has 0 spiro atoms. The summed E-state index contributed by atoms with van der Waals surface area (Å²) in [5, 5.41) is 8.96.